The Morgan fingerprint density at radius 2 is 1.84 bits per heavy atom. The molecular weight excluding hydrogens is 322 g/mol. The molecule has 0 radical (unpaired) electrons. The maximum Gasteiger partial charge on any atom is 0.428 e. The molecule has 0 unspecified atom stereocenters. The molecule has 0 spiro atoms. The highest BCUT2D eigenvalue weighted by Gasteiger charge is 2.34. The zero-order valence-corrected chi connectivity index (χ0v) is 14.4. The fraction of sp³-hybridized carbons (Fsp3) is 0.412. The molecule has 1 aromatic heterocycles. The molecule has 0 aliphatic carbocycles. The number of ether oxygens (including phenoxy) is 1. The predicted molar refractivity (Wildman–Crippen MR) is 90.1 cm³/mol. The van der Waals surface area contributed by atoms with Crippen molar-refractivity contribution in [2.24, 2.45) is 0 Å². The molecular formula is C17H21N5O3. The van der Waals surface area contributed by atoms with Gasteiger partial charge in [0, 0.05) is 13.1 Å². The van der Waals surface area contributed by atoms with Crippen molar-refractivity contribution < 1.29 is 14.3 Å². The van der Waals surface area contributed by atoms with Gasteiger partial charge in [-0.2, -0.15) is 9.90 Å². The standard InChI is InChI=1S/C17H21N5O3/c1-3-12-25-17(24)21-11-7-10-20(21)16(23)15-13(2)18-22(19-15)14-8-5-4-6-9-14/h4-6,8-9H,3,7,10-12H2,1-2H3. The van der Waals surface area contributed by atoms with Crippen molar-refractivity contribution in [3.63, 3.8) is 0 Å². The summed E-state index contributed by atoms with van der Waals surface area (Å²) < 4.78 is 5.15. The first-order chi connectivity index (χ1) is 12.1. The van der Waals surface area contributed by atoms with Crippen molar-refractivity contribution in [2.75, 3.05) is 19.7 Å². The lowest BCUT2D eigenvalue weighted by atomic mass is 10.3. The smallest absolute Gasteiger partial charge is 0.428 e. The van der Waals surface area contributed by atoms with Gasteiger partial charge in [-0.3, -0.25) is 4.79 Å². The summed E-state index contributed by atoms with van der Waals surface area (Å²) >= 11 is 0. The van der Waals surface area contributed by atoms with Gasteiger partial charge in [-0.15, -0.1) is 5.10 Å². The predicted octanol–water partition coefficient (Wildman–Crippen LogP) is 2.19. The molecule has 132 valence electrons. The summed E-state index contributed by atoms with van der Waals surface area (Å²) in [6.07, 6.45) is 0.942. The highest BCUT2D eigenvalue weighted by atomic mass is 16.6. The maximum absolute atomic E-state index is 12.9. The number of benzene rings is 1. The van der Waals surface area contributed by atoms with Crippen molar-refractivity contribution in [2.45, 2.75) is 26.7 Å². The quantitative estimate of drug-likeness (QED) is 0.850. The van der Waals surface area contributed by atoms with Crippen LogP contribution in [0.25, 0.3) is 5.69 Å². The molecule has 2 amide bonds. The molecule has 0 bridgehead atoms. The monoisotopic (exact) mass is 343 g/mol. The van der Waals surface area contributed by atoms with Gasteiger partial charge in [-0.25, -0.2) is 14.8 Å². The number of carbonyl (C=O) groups is 2. The van der Waals surface area contributed by atoms with Crippen LogP contribution in [0.5, 0.6) is 0 Å². The second-order valence-corrected chi connectivity index (χ2v) is 5.78. The molecule has 1 aromatic carbocycles. The second-order valence-electron chi connectivity index (χ2n) is 5.78. The molecule has 2 aromatic rings. The van der Waals surface area contributed by atoms with Crippen LogP contribution < -0.4 is 0 Å². The average molecular weight is 343 g/mol. The van der Waals surface area contributed by atoms with E-state index in [1.165, 1.54) is 14.8 Å². The van der Waals surface area contributed by atoms with Crippen LogP contribution in [0.2, 0.25) is 0 Å². The molecule has 0 N–H and O–H groups in total. The lowest BCUT2D eigenvalue weighted by molar-refractivity contribution is 0.0128. The number of aromatic nitrogens is 3. The van der Waals surface area contributed by atoms with E-state index < -0.39 is 6.09 Å². The van der Waals surface area contributed by atoms with Crippen molar-refractivity contribution in [1.29, 1.82) is 0 Å². The molecule has 0 saturated carbocycles. The number of aryl methyl sites for hydroxylation is 1. The minimum Gasteiger partial charge on any atom is -0.448 e. The van der Waals surface area contributed by atoms with Crippen LogP contribution in [0.15, 0.2) is 30.3 Å². The van der Waals surface area contributed by atoms with Gasteiger partial charge in [0.25, 0.3) is 5.91 Å². The molecule has 0 atom stereocenters. The molecule has 1 aliphatic rings. The van der Waals surface area contributed by atoms with Gasteiger partial charge in [0.05, 0.1) is 18.0 Å². The molecule has 8 nitrogen and oxygen atoms in total. The summed E-state index contributed by atoms with van der Waals surface area (Å²) in [6, 6.07) is 9.37. The zero-order chi connectivity index (χ0) is 17.8. The number of nitrogens with zero attached hydrogens (tertiary/aromatic N) is 5. The van der Waals surface area contributed by atoms with E-state index in [-0.39, 0.29) is 11.6 Å². The van der Waals surface area contributed by atoms with Gasteiger partial charge in [0.15, 0.2) is 5.69 Å². The van der Waals surface area contributed by atoms with Crippen LogP contribution in [-0.2, 0) is 4.74 Å². The van der Waals surface area contributed by atoms with E-state index in [4.69, 9.17) is 4.74 Å². The Morgan fingerprint density at radius 1 is 1.12 bits per heavy atom. The number of amides is 2. The average Bonchev–Trinajstić information content (AvgIpc) is 3.27. The Labute approximate surface area is 145 Å². The minimum absolute atomic E-state index is 0.235. The molecule has 8 heteroatoms. The summed E-state index contributed by atoms with van der Waals surface area (Å²) in [5.74, 6) is -0.342. The highest BCUT2D eigenvalue weighted by Crippen LogP contribution is 2.17. The van der Waals surface area contributed by atoms with Crippen LogP contribution in [0.3, 0.4) is 0 Å². The van der Waals surface area contributed by atoms with Crippen LogP contribution in [0.1, 0.15) is 35.9 Å². The number of rotatable bonds is 4. The van der Waals surface area contributed by atoms with E-state index >= 15 is 0 Å². The first-order valence-electron chi connectivity index (χ1n) is 8.37. The van der Waals surface area contributed by atoms with Gasteiger partial charge < -0.3 is 4.74 Å². The molecule has 1 saturated heterocycles. The van der Waals surface area contributed by atoms with Crippen LogP contribution in [0, 0.1) is 6.92 Å². The molecule has 3 rings (SSSR count). The summed E-state index contributed by atoms with van der Waals surface area (Å²) in [5, 5.41) is 11.4. The fourth-order valence-electron chi connectivity index (χ4n) is 2.65. The summed E-state index contributed by atoms with van der Waals surface area (Å²) in [7, 11) is 0. The van der Waals surface area contributed by atoms with Gasteiger partial charge in [-0.1, -0.05) is 25.1 Å². The number of carbonyl (C=O) groups excluding carboxylic acids is 2. The third-order valence-corrected chi connectivity index (χ3v) is 3.88. The van der Waals surface area contributed by atoms with Crippen molar-refractivity contribution in [3.05, 3.63) is 41.7 Å². The molecule has 25 heavy (non-hydrogen) atoms. The van der Waals surface area contributed by atoms with Gasteiger partial charge in [-0.05, 0) is 31.9 Å². The van der Waals surface area contributed by atoms with Gasteiger partial charge in [0.2, 0.25) is 0 Å². The summed E-state index contributed by atoms with van der Waals surface area (Å²) in [6.45, 7) is 4.90. The normalized spacial score (nSPS) is 14.0. The van der Waals surface area contributed by atoms with Crippen LogP contribution >= 0.6 is 0 Å². The Balaban J connectivity index is 1.81. The Kier molecular flexibility index (Phi) is 4.97. The van der Waals surface area contributed by atoms with Crippen molar-refractivity contribution in [1.82, 2.24) is 25.0 Å². The Morgan fingerprint density at radius 3 is 2.56 bits per heavy atom. The van der Waals surface area contributed by atoms with E-state index in [0.29, 0.717) is 31.8 Å². The van der Waals surface area contributed by atoms with Gasteiger partial charge in [0.1, 0.15) is 0 Å². The second kappa shape index (κ2) is 7.33. The molecule has 1 aliphatic heterocycles. The number of hydrogen-bond acceptors (Lipinski definition) is 5. The van der Waals surface area contributed by atoms with E-state index in [9.17, 15) is 9.59 Å². The first kappa shape index (κ1) is 16.9. The van der Waals surface area contributed by atoms with E-state index in [1.54, 1.807) is 6.92 Å². The summed E-state index contributed by atoms with van der Waals surface area (Å²) in [5.41, 5.74) is 1.52. The largest absolute Gasteiger partial charge is 0.448 e. The highest BCUT2D eigenvalue weighted by molar-refractivity contribution is 5.94. The number of hydrogen-bond donors (Lipinski definition) is 0. The van der Waals surface area contributed by atoms with Gasteiger partial charge >= 0.3 is 6.09 Å². The SMILES string of the molecule is CCCOC(=O)N1CCCN1C(=O)c1nn(-c2ccccc2)nc1C. The zero-order valence-electron chi connectivity index (χ0n) is 14.4. The van der Waals surface area contributed by atoms with Crippen molar-refractivity contribution in [3.8, 4) is 5.69 Å². The third kappa shape index (κ3) is 3.47. The minimum atomic E-state index is -0.499. The van der Waals surface area contributed by atoms with Crippen LogP contribution in [0.4, 0.5) is 4.79 Å². The maximum atomic E-state index is 12.9. The first-order valence-corrected chi connectivity index (χ1v) is 8.37. The lowest BCUT2D eigenvalue weighted by Gasteiger charge is -2.26. The van der Waals surface area contributed by atoms with E-state index in [1.807, 2.05) is 37.3 Å². The number of para-hydroxylation sites is 1. The fourth-order valence-corrected chi connectivity index (χ4v) is 2.65. The number of hydrazine groups is 1. The Hall–Kier alpha value is -2.90. The van der Waals surface area contributed by atoms with E-state index in [2.05, 4.69) is 10.2 Å². The van der Waals surface area contributed by atoms with Crippen molar-refractivity contribution >= 4 is 12.0 Å². The Bertz CT molecular complexity index is 759. The van der Waals surface area contributed by atoms with E-state index in [0.717, 1.165) is 12.1 Å². The molecule has 2 heterocycles. The topological polar surface area (TPSA) is 80.6 Å². The summed E-state index contributed by atoms with van der Waals surface area (Å²) in [4.78, 5) is 26.4. The molecule has 1 fully saturated rings. The lowest BCUT2D eigenvalue weighted by Crippen LogP contribution is -2.45. The third-order valence-electron chi connectivity index (χ3n) is 3.88. The van der Waals surface area contributed by atoms with Crippen LogP contribution in [-0.4, -0.2) is 56.7 Å².